The first-order valence-corrected chi connectivity index (χ1v) is 6.31. The average Bonchev–Trinajstić information content (AvgIpc) is 2.78. The molecule has 0 aliphatic rings. The van der Waals surface area contributed by atoms with Crippen LogP contribution in [0, 0.1) is 6.92 Å². The number of nitrogens with two attached hydrogens (primary N) is 1. The van der Waals surface area contributed by atoms with Crippen LogP contribution < -0.4 is 5.73 Å². The number of rotatable bonds is 1. The Kier molecular flexibility index (Phi) is 4.17. The number of hydrogen-bond donors (Lipinski definition) is 1. The van der Waals surface area contributed by atoms with Crippen LogP contribution in [0.4, 0.5) is 5.00 Å². The molecule has 0 radical (unpaired) electrons. The normalized spacial score (nSPS) is 9.36. The third kappa shape index (κ3) is 2.59. The Bertz CT molecular complexity index is 349. The van der Waals surface area contributed by atoms with Crippen LogP contribution in [-0.4, -0.2) is 0 Å². The van der Waals surface area contributed by atoms with Gasteiger partial charge in [0.25, 0.3) is 0 Å². The van der Waals surface area contributed by atoms with Crippen molar-refractivity contribution in [2.75, 3.05) is 5.73 Å². The van der Waals surface area contributed by atoms with Gasteiger partial charge in [-0.25, -0.2) is 0 Å². The molecule has 1 nitrogen and oxygen atoms in total. The lowest BCUT2D eigenvalue weighted by molar-refractivity contribution is 1.50. The molecular formula is C11H15NS2. The van der Waals surface area contributed by atoms with Gasteiger partial charge in [0.15, 0.2) is 0 Å². The van der Waals surface area contributed by atoms with Crippen molar-refractivity contribution in [3.05, 3.63) is 29.1 Å². The van der Waals surface area contributed by atoms with E-state index >= 15 is 0 Å². The fourth-order valence-electron chi connectivity index (χ4n) is 1.05. The molecule has 0 unspecified atom stereocenters. The van der Waals surface area contributed by atoms with Crippen molar-refractivity contribution in [3.8, 4) is 9.75 Å². The second-order valence-corrected chi connectivity index (χ2v) is 5.02. The topological polar surface area (TPSA) is 26.0 Å². The van der Waals surface area contributed by atoms with Gasteiger partial charge in [-0.05, 0) is 31.2 Å². The van der Waals surface area contributed by atoms with E-state index in [-0.39, 0.29) is 0 Å². The number of thiophene rings is 2. The molecule has 2 aromatic heterocycles. The van der Waals surface area contributed by atoms with Crippen molar-refractivity contribution >= 4 is 27.7 Å². The molecular weight excluding hydrogens is 210 g/mol. The van der Waals surface area contributed by atoms with Crippen LogP contribution >= 0.6 is 22.7 Å². The summed E-state index contributed by atoms with van der Waals surface area (Å²) in [4.78, 5) is 3.93. The van der Waals surface area contributed by atoms with E-state index in [2.05, 4.69) is 25.1 Å². The molecule has 0 fully saturated rings. The molecule has 2 heterocycles. The van der Waals surface area contributed by atoms with E-state index in [1.807, 2.05) is 31.3 Å². The highest BCUT2D eigenvalue weighted by Gasteiger charge is 2.02. The van der Waals surface area contributed by atoms with Crippen molar-refractivity contribution in [3.63, 3.8) is 0 Å². The average molecular weight is 225 g/mol. The number of hydrogen-bond acceptors (Lipinski definition) is 3. The Labute approximate surface area is 93.2 Å². The van der Waals surface area contributed by atoms with Crippen LogP contribution in [0.5, 0.6) is 0 Å². The smallest absolute Gasteiger partial charge is 0.0863 e. The summed E-state index contributed by atoms with van der Waals surface area (Å²) in [7, 11) is 0. The van der Waals surface area contributed by atoms with E-state index < -0.39 is 0 Å². The zero-order valence-electron chi connectivity index (χ0n) is 8.70. The minimum atomic E-state index is 0.885. The quantitative estimate of drug-likeness (QED) is 0.765. The van der Waals surface area contributed by atoms with Gasteiger partial charge in [0.2, 0.25) is 0 Å². The molecule has 0 saturated heterocycles. The lowest BCUT2D eigenvalue weighted by Gasteiger charge is -1.86. The number of anilines is 1. The minimum absolute atomic E-state index is 0.885. The molecule has 0 aliphatic carbocycles. The van der Waals surface area contributed by atoms with Gasteiger partial charge in [0.1, 0.15) is 0 Å². The Morgan fingerprint density at radius 3 is 1.93 bits per heavy atom. The van der Waals surface area contributed by atoms with Gasteiger partial charge in [-0.2, -0.15) is 0 Å². The number of aryl methyl sites for hydroxylation is 1. The van der Waals surface area contributed by atoms with Gasteiger partial charge in [0.05, 0.1) is 5.00 Å². The van der Waals surface area contributed by atoms with Crippen molar-refractivity contribution in [2.45, 2.75) is 20.8 Å². The highest BCUT2D eigenvalue weighted by molar-refractivity contribution is 7.24. The molecule has 0 atom stereocenters. The monoisotopic (exact) mass is 225 g/mol. The van der Waals surface area contributed by atoms with E-state index in [9.17, 15) is 0 Å². The molecule has 76 valence electrons. The van der Waals surface area contributed by atoms with E-state index in [1.54, 1.807) is 11.3 Å². The lowest BCUT2D eigenvalue weighted by atomic mass is 10.4. The fourth-order valence-corrected chi connectivity index (χ4v) is 2.78. The van der Waals surface area contributed by atoms with Gasteiger partial charge in [-0.15, -0.1) is 22.7 Å². The minimum Gasteiger partial charge on any atom is -0.391 e. The first kappa shape index (κ1) is 11.3. The molecule has 2 aromatic rings. The van der Waals surface area contributed by atoms with Gasteiger partial charge >= 0.3 is 0 Å². The summed E-state index contributed by atoms with van der Waals surface area (Å²) in [5.41, 5.74) is 5.65. The molecule has 14 heavy (non-hydrogen) atoms. The van der Waals surface area contributed by atoms with Gasteiger partial charge in [-0.1, -0.05) is 13.8 Å². The Hall–Kier alpha value is -0.800. The summed E-state index contributed by atoms with van der Waals surface area (Å²) in [6.45, 7) is 6.12. The molecule has 0 bridgehead atoms. The second-order valence-electron chi connectivity index (χ2n) is 2.61. The van der Waals surface area contributed by atoms with Crippen LogP contribution in [0.2, 0.25) is 0 Å². The van der Waals surface area contributed by atoms with E-state index in [0.717, 1.165) is 5.00 Å². The van der Waals surface area contributed by atoms with Crippen molar-refractivity contribution in [2.24, 2.45) is 0 Å². The third-order valence-electron chi connectivity index (χ3n) is 1.61. The molecule has 0 spiro atoms. The Morgan fingerprint density at radius 2 is 1.50 bits per heavy atom. The first-order chi connectivity index (χ1) is 6.75. The molecule has 2 rings (SSSR count). The maximum Gasteiger partial charge on any atom is 0.0863 e. The maximum atomic E-state index is 5.65. The molecule has 0 amide bonds. The first-order valence-electron chi connectivity index (χ1n) is 4.68. The molecule has 0 saturated carbocycles. The van der Waals surface area contributed by atoms with Crippen LogP contribution in [-0.2, 0) is 0 Å². The standard InChI is InChI=1S/C9H9NS2.C2H6/c1-6-2-3-7(11-6)8-4-5-9(10)12-8;1-2/h2-5H,10H2,1H3;1-2H3. The van der Waals surface area contributed by atoms with Crippen LogP contribution in [0.3, 0.4) is 0 Å². The molecule has 3 heteroatoms. The van der Waals surface area contributed by atoms with Gasteiger partial charge in [-0.3, -0.25) is 0 Å². The van der Waals surface area contributed by atoms with E-state index in [1.165, 1.54) is 14.6 Å². The highest BCUT2D eigenvalue weighted by Crippen LogP contribution is 2.33. The summed E-state index contributed by atoms with van der Waals surface area (Å²) in [6.07, 6.45) is 0. The van der Waals surface area contributed by atoms with Crippen molar-refractivity contribution < 1.29 is 0 Å². The second kappa shape index (κ2) is 5.17. The van der Waals surface area contributed by atoms with Crippen LogP contribution in [0.1, 0.15) is 18.7 Å². The van der Waals surface area contributed by atoms with E-state index in [4.69, 9.17) is 5.73 Å². The largest absolute Gasteiger partial charge is 0.391 e. The van der Waals surface area contributed by atoms with Crippen LogP contribution in [0.15, 0.2) is 24.3 Å². The summed E-state index contributed by atoms with van der Waals surface area (Å²) < 4.78 is 0. The van der Waals surface area contributed by atoms with Crippen molar-refractivity contribution in [1.29, 1.82) is 0 Å². The fraction of sp³-hybridized carbons (Fsp3) is 0.273. The number of nitrogen functional groups attached to an aromatic ring is 1. The summed E-state index contributed by atoms with van der Waals surface area (Å²) in [6, 6.07) is 8.31. The van der Waals surface area contributed by atoms with Crippen molar-refractivity contribution in [1.82, 2.24) is 0 Å². The zero-order chi connectivity index (χ0) is 10.6. The third-order valence-corrected chi connectivity index (χ3v) is 3.72. The maximum absolute atomic E-state index is 5.65. The molecule has 0 aliphatic heterocycles. The predicted octanol–water partition coefficient (Wildman–Crippen LogP) is 4.39. The predicted molar refractivity (Wildman–Crippen MR) is 68.1 cm³/mol. The van der Waals surface area contributed by atoms with E-state index in [0.29, 0.717) is 0 Å². The van der Waals surface area contributed by atoms with Gasteiger partial charge < -0.3 is 5.73 Å². The lowest BCUT2D eigenvalue weighted by Crippen LogP contribution is -1.72. The summed E-state index contributed by atoms with van der Waals surface area (Å²) in [5.74, 6) is 0. The Balaban J connectivity index is 0.000000461. The zero-order valence-corrected chi connectivity index (χ0v) is 10.3. The van der Waals surface area contributed by atoms with Gasteiger partial charge in [0, 0.05) is 14.6 Å². The summed E-state index contributed by atoms with van der Waals surface area (Å²) >= 11 is 3.45. The SMILES string of the molecule is CC.Cc1ccc(-c2ccc(N)s2)s1. The highest BCUT2D eigenvalue weighted by atomic mass is 32.1. The van der Waals surface area contributed by atoms with Crippen LogP contribution in [0.25, 0.3) is 9.75 Å². The Morgan fingerprint density at radius 1 is 0.929 bits per heavy atom. The molecule has 0 aromatic carbocycles. The summed E-state index contributed by atoms with van der Waals surface area (Å²) in [5, 5.41) is 0.885. The molecule has 2 N–H and O–H groups in total.